The van der Waals surface area contributed by atoms with Crippen molar-refractivity contribution in [3.05, 3.63) is 65.5 Å². The summed E-state index contributed by atoms with van der Waals surface area (Å²) in [5.41, 5.74) is 3.06. The van der Waals surface area contributed by atoms with E-state index in [9.17, 15) is 14.4 Å². The molecule has 0 saturated carbocycles. The maximum absolute atomic E-state index is 12.3. The number of imide groups is 1. The normalized spacial score (nSPS) is 13.3. The highest BCUT2D eigenvalue weighted by atomic mass is 16.3. The summed E-state index contributed by atoms with van der Waals surface area (Å²) >= 11 is 0. The van der Waals surface area contributed by atoms with Crippen LogP contribution in [0.15, 0.2) is 53.3 Å². The van der Waals surface area contributed by atoms with Crippen molar-refractivity contribution in [2.45, 2.75) is 13.0 Å². The first-order valence-corrected chi connectivity index (χ1v) is 8.17. The summed E-state index contributed by atoms with van der Waals surface area (Å²) in [5.74, 6) is -0.942. The molecule has 7 heteroatoms. The van der Waals surface area contributed by atoms with E-state index in [4.69, 9.17) is 4.42 Å². The molecule has 26 heavy (non-hydrogen) atoms. The number of aromatic nitrogens is 1. The van der Waals surface area contributed by atoms with Crippen LogP contribution < -0.4 is 5.32 Å². The molecule has 3 aromatic rings. The molecule has 0 saturated heterocycles. The summed E-state index contributed by atoms with van der Waals surface area (Å²) in [6.07, 6.45) is 1.42. The van der Waals surface area contributed by atoms with Gasteiger partial charge in [-0.3, -0.25) is 19.3 Å². The van der Waals surface area contributed by atoms with E-state index in [1.807, 2.05) is 18.2 Å². The summed E-state index contributed by atoms with van der Waals surface area (Å²) in [5, 5.41) is 2.78. The molecule has 2 aromatic carbocycles. The summed E-state index contributed by atoms with van der Waals surface area (Å²) in [6, 6.07) is 12.2. The van der Waals surface area contributed by atoms with Gasteiger partial charge in [-0.2, -0.15) is 0 Å². The molecule has 0 unspecified atom stereocenters. The number of hydrogen-bond donors (Lipinski definition) is 1. The van der Waals surface area contributed by atoms with Crippen LogP contribution in [0.4, 0.5) is 0 Å². The van der Waals surface area contributed by atoms with Gasteiger partial charge in [0.2, 0.25) is 5.91 Å². The van der Waals surface area contributed by atoms with Crippen molar-refractivity contribution in [2.24, 2.45) is 0 Å². The Morgan fingerprint density at radius 1 is 1.08 bits per heavy atom. The van der Waals surface area contributed by atoms with Gasteiger partial charge in [-0.15, -0.1) is 0 Å². The van der Waals surface area contributed by atoms with Crippen molar-refractivity contribution in [3.8, 4) is 0 Å². The first-order chi connectivity index (χ1) is 12.6. The van der Waals surface area contributed by atoms with Crippen molar-refractivity contribution in [1.82, 2.24) is 15.2 Å². The number of oxazole rings is 1. The fourth-order valence-corrected chi connectivity index (χ4v) is 2.95. The van der Waals surface area contributed by atoms with Gasteiger partial charge in [-0.25, -0.2) is 4.98 Å². The molecule has 0 fully saturated rings. The van der Waals surface area contributed by atoms with E-state index < -0.39 is 0 Å². The van der Waals surface area contributed by atoms with E-state index in [0.717, 1.165) is 16.0 Å². The number of hydrogen-bond acceptors (Lipinski definition) is 5. The summed E-state index contributed by atoms with van der Waals surface area (Å²) in [4.78, 5) is 41.7. The summed E-state index contributed by atoms with van der Waals surface area (Å²) in [7, 11) is 0. The van der Waals surface area contributed by atoms with Gasteiger partial charge < -0.3 is 9.73 Å². The third kappa shape index (κ3) is 2.83. The van der Waals surface area contributed by atoms with Gasteiger partial charge in [0, 0.05) is 19.5 Å². The van der Waals surface area contributed by atoms with Crippen LogP contribution in [0.3, 0.4) is 0 Å². The van der Waals surface area contributed by atoms with Crippen molar-refractivity contribution >= 4 is 28.8 Å². The molecular formula is C19H15N3O4. The first-order valence-electron chi connectivity index (χ1n) is 8.17. The smallest absolute Gasteiger partial charge is 0.261 e. The molecule has 0 radical (unpaired) electrons. The Bertz CT molecular complexity index is 989. The SMILES string of the molecule is O=C(CCN1C(=O)c2ccccc2C1=O)NCc1ccc2ncoc2c1. The highest BCUT2D eigenvalue weighted by molar-refractivity contribution is 6.21. The predicted molar refractivity (Wildman–Crippen MR) is 92.3 cm³/mol. The number of nitrogens with one attached hydrogen (secondary N) is 1. The van der Waals surface area contributed by atoms with Crippen LogP contribution in [0.1, 0.15) is 32.7 Å². The first kappa shape index (κ1) is 16.0. The third-order valence-electron chi connectivity index (χ3n) is 4.33. The summed E-state index contributed by atoms with van der Waals surface area (Å²) < 4.78 is 5.23. The lowest BCUT2D eigenvalue weighted by Crippen LogP contribution is -2.34. The van der Waals surface area contributed by atoms with Crippen LogP contribution in [-0.2, 0) is 11.3 Å². The molecule has 2 heterocycles. The van der Waals surface area contributed by atoms with E-state index in [1.54, 1.807) is 24.3 Å². The summed E-state index contributed by atoms with van der Waals surface area (Å²) in [6.45, 7) is 0.386. The predicted octanol–water partition coefficient (Wildman–Crippen LogP) is 2.13. The molecule has 0 aliphatic carbocycles. The van der Waals surface area contributed by atoms with E-state index >= 15 is 0 Å². The fraction of sp³-hybridized carbons (Fsp3) is 0.158. The fourth-order valence-electron chi connectivity index (χ4n) is 2.95. The van der Waals surface area contributed by atoms with Crippen LogP contribution in [0, 0.1) is 0 Å². The highest BCUT2D eigenvalue weighted by Crippen LogP contribution is 2.22. The average Bonchev–Trinajstić information content (AvgIpc) is 3.22. The van der Waals surface area contributed by atoms with E-state index in [0.29, 0.717) is 23.3 Å². The zero-order valence-corrected chi connectivity index (χ0v) is 13.8. The van der Waals surface area contributed by atoms with Crippen molar-refractivity contribution < 1.29 is 18.8 Å². The van der Waals surface area contributed by atoms with Crippen LogP contribution in [0.5, 0.6) is 0 Å². The van der Waals surface area contributed by atoms with E-state index in [-0.39, 0.29) is 30.7 Å². The maximum atomic E-state index is 12.3. The molecule has 4 rings (SSSR count). The third-order valence-corrected chi connectivity index (χ3v) is 4.33. The highest BCUT2D eigenvalue weighted by Gasteiger charge is 2.34. The zero-order chi connectivity index (χ0) is 18.1. The molecule has 0 spiro atoms. The van der Waals surface area contributed by atoms with Gasteiger partial charge in [0.05, 0.1) is 11.1 Å². The lowest BCUT2D eigenvalue weighted by Gasteiger charge is -2.13. The molecule has 1 aromatic heterocycles. The van der Waals surface area contributed by atoms with Crippen LogP contribution in [0.2, 0.25) is 0 Å². The molecule has 7 nitrogen and oxygen atoms in total. The van der Waals surface area contributed by atoms with Gasteiger partial charge in [-0.1, -0.05) is 18.2 Å². The standard InChI is InChI=1S/C19H15N3O4/c23-17(20-10-12-5-6-15-16(9-12)26-11-21-15)7-8-22-18(24)13-3-1-2-4-14(13)19(22)25/h1-6,9,11H,7-8,10H2,(H,20,23). The van der Waals surface area contributed by atoms with Crippen molar-refractivity contribution in [3.63, 3.8) is 0 Å². The monoisotopic (exact) mass is 349 g/mol. The largest absolute Gasteiger partial charge is 0.443 e. The lowest BCUT2D eigenvalue weighted by molar-refractivity contribution is -0.121. The Morgan fingerprint density at radius 3 is 2.54 bits per heavy atom. The molecule has 0 bridgehead atoms. The Morgan fingerprint density at radius 2 is 1.81 bits per heavy atom. The second-order valence-corrected chi connectivity index (χ2v) is 5.99. The number of carbonyl (C=O) groups excluding carboxylic acids is 3. The maximum Gasteiger partial charge on any atom is 0.261 e. The number of nitrogens with zero attached hydrogens (tertiary/aromatic N) is 2. The quantitative estimate of drug-likeness (QED) is 0.712. The van der Waals surface area contributed by atoms with E-state index in [1.165, 1.54) is 6.39 Å². The Balaban J connectivity index is 1.33. The molecule has 1 N–H and O–H groups in total. The molecule has 3 amide bonds. The second kappa shape index (κ2) is 6.44. The Labute approximate surface area is 148 Å². The van der Waals surface area contributed by atoms with Gasteiger partial charge in [0.15, 0.2) is 12.0 Å². The number of amides is 3. The second-order valence-electron chi connectivity index (χ2n) is 5.99. The number of fused-ring (bicyclic) bond motifs is 2. The van der Waals surface area contributed by atoms with Crippen molar-refractivity contribution in [2.75, 3.05) is 6.54 Å². The average molecular weight is 349 g/mol. The molecule has 0 atom stereocenters. The minimum absolute atomic E-state index is 0.0516. The minimum atomic E-state index is -0.353. The molecule has 1 aliphatic heterocycles. The van der Waals surface area contributed by atoms with Gasteiger partial charge in [0.1, 0.15) is 5.52 Å². The van der Waals surface area contributed by atoms with Crippen LogP contribution in [-0.4, -0.2) is 34.2 Å². The Kier molecular flexibility index (Phi) is 3.96. The van der Waals surface area contributed by atoms with E-state index in [2.05, 4.69) is 10.3 Å². The van der Waals surface area contributed by atoms with Crippen molar-refractivity contribution in [1.29, 1.82) is 0 Å². The minimum Gasteiger partial charge on any atom is -0.443 e. The van der Waals surface area contributed by atoms with Gasteiger partial charge in [0.25, 0.3) is 11.8 Å². The number of benzene rings is 2. The molecule has 1 aliphatic rings. The topological polar surface area (TPSA) is 92.5 Å². The van der Waals surface area contributed by atoms with Crippen LogP contribution in [0.25, 0.3) is 11.1 Å². The molecule has 130 valence electrons. The zero-order valence-electron chi connectivity index (χ0n) is 13.8. The van der Waals surface area contributed by atoms with Crippen LogP contribution >= 0.6 is 0 Å². The molecular weight excluding hydrogens is 334 g/mol. The van der Waals surface area contributed by atoms with Gasteiger partial charge >= 0.3 is 0 Å². The van der Waals surface area contributed by atoms with Gasteiger partial charge in [-0.05, 0) is 29.8 Å². The number of carbonyl (C=O) groups is 3. The lowest BCUT2D eigenvalue weighted by atomic mass is 10.1. The number of rotatable bonds is 5. The Hall–Kier alpha value is -3.48.